The first kappa shape index (κ1) is 14.5. The molecule has 0 spiro atoms. The second kappa shape index (κ2) is 5.39. The van der Waals surface area contributed by atoms with Crippen molar-refractivity contribution in [1.82, 2.24) is 9.79 Å². The summed E-state index contributed by atoms with van der Waals surface area (Å²) in [6.45, 7) is 0.142. The minimum atomic E-state index is -3.42. The Kier molecular flexibility index (Phi) is 3.71. The first-order chi connectivity index (χ1) is 10.0. The summed E-state index contributed by atoms with van der Waals surface area (Å²) in [4.78, 5) is 5.43. The first-order valence-electron chi connectivity index (χ1n) is 6.88. The van der Waals surface area contributed by atoms with E-state index in [0.29, 0.717) is 5.56 Å². The quantitative estimate of drug-likeness (QED) is 0.894. The lowest BCUT2D eigenvalue weighted by Gasteiger charge is -2.23. The molecule has 1 saturated heterocycles. The highest BCUT2D eigenvalue weighted by Gasteiger charge is 2.44. The van der Waals surface area contributed by atoms with E-state index in [0.717, 1.165) is 18.4 Å². The van der Waals surface area contributed by atoms with Gasteiger partial charge in [-0.1, -0.05) is 12.1 Å². The van der Waals surface area contributed by atoms with Crippen molar-refractivity contribution < 1.29 is 13.3 Å². The maximum atomic E-state index is 12.5. The van der Waals surface area contributed by atoms with Gasteiger partial charge in [-0.2, -0.15) is 10.3 Å². The van der Waals surface area contributed by atoms with Crippen LogP contribution in [-0.2, 0) is 14.9 Å². The maximum absolute atomic E-state index is 12.5. The fourth-order valence-electron chi connectivity index (χ4n) is 2.56. The summed E-state index contributed by atoms with van der Waals surface area (Å²) in [6, 6.07) is 8.73. The number of nitrogens with zero attached hydrogens (tertiary/aromatic N) is 2. The van der Waals surface area contributed by atoms with Crippen molar-refractivity contribution in [2.24, 2.45) is 0 Å². The van der Waals surface area contributed by atoms with Crippen LogP contribution in [0.5, 0.6) is 0 Å². The smallest absolute Gasteiger partial charge is 0.219 e. The molecule has 21 heavy (non-hydrogen) atoms. The molecular formula is C14H17N3O3S. The molecule has 0 amide bonds. The molecule has 1 saturated carbocycles. The van der Waals surface area contributed by atoms with Gasteiger partial charge in [-0.05, 0) is 30.5 Å². The molecule has 0 bridgehead atoms. The van der Waals surface area contributed by atoms with Crippen molar-refractivity contribution in [1.29, 1.82) is 5.26 Å². The van der Waals surface area contributed by atoms with E-state index < -0.39 is 15.3 Å². The molecule has 1 aromatic rings. The number of nitriles is 1. The third-order valence-electron chi connectivity index (χ3n) is 3.87. The van der Waals surface area contributed by atoms with E-state index in [2.05, 4.69) is 10.8 Å². The van der Waals surface area contributed by atoms with Crippen LogP contribution in [0.2, 0.25) is 0 Å². The van der Waals surface area contributed by atoms with Crippen molar-refractivity contribution >= 4 is 10.0 Å². The van der Waals surface area contributed by atoms with Crippen molar-refractivity contribution in [2.45, 2.75) is 30.2 Å². The molecule has 0 radical (unpaired) electrons. The fourth-order valence-corrected chi connectivity index (χ4v) is 4.34. The van der Waals surface area contributed by atoms with Crippen molar-refractivity contribution in [2.75, 3.05) is 13.7 Å². The standard InChI is InChI=1S/C14H17N3O3S/c1-17-14(11-4-2-10(8-15)3-5-11)13(9-20-17)21(18,19)16-12-6-7-12/h2-5,12-14,16H,6-7,9H2,1H3/t13-,14-/m0/s1. The van der Waals surface area contributed by atoms with Crippen molar-refractivity contribution in [3.05, 3.63) is 35.4 Å². The van der Waals surface area contributed by atoms with E-state index >= 15 is 0 Å². The summed E-state index contributed by atoms with van der Waals surface area (Å²) in [5, 5.41) is 9.78. The lowest BCUT2D eigenvalue weighted by Crippen LogP contribution is -2.40. The minimum absolute atomic E-state index is 0.0857. The molecule has 3 rings (SSSR count). The zero-order valence-electron chi connectivity index (χ0n) is 11.7. The number of rotatable bonds is 4. The Bertz CT molecular complexity index is 662. The van der Waals surface area contributed by atoms with Crippen LogP contribution in [0.3, 0.4) is 0 Å². The number of sulfonamides is 1. The Morgan fingerprint density at radius 3 is 2.57 bits per heavy atom. The fraction of sp³-hybridized carbons (Fsp3) is 0.500. The number of hydroxylamine groups is 2. The number of hydrogen-bond donors (Lipinski definition) is 1. The van der Waals surface area contributed by atoms with Crippen LogP contribution in [0.1, 0.15) is 30.0 Å². The van der Waals surface area contributed by atoms with Gasteiger partial charge in [-0.3, -0.25) is 4.84 Å². The Hall–Kier alpha value is -1.46. The highest BCUT2D eigenvalue weighted by atomic mass is 32.2. The summed E-state index contributed by atoms with van der Waals surface area (Å²) in [5.74, 6) is 0. The summed E-state index contributed by atoms with van der Waals surface area (Å²) in [5.41, 5.74) is 1.39. The molecule has 1 heterocycles. The minimum Gasteiger partial charge on any atom is -0.297 e. The van der Waals surface area contributed by atoms with Crippen molar-refractivity contribution in [3.63, 3.8) is 0 Å². The highest BCUT2D eigenvalue weighted by molar-refractivity contribution is 7.90. The Labute approximate surface area is 124 Å². The van der Waals surface area contributed by atoms with E-state index in [1.807, 2.05) is 0 Å². The van der Waals surface area contributed by atoms with Gasteiger partial charge in [0.1, 0.15) is 5.25 Å². The molecule has 2 atom stereocenters. The Morgan fingerprint density at radius 1 is 1.33 bits per heavy atom. The SMILES string of the molecule is CN1OC[C@H](S(=O)(=O)NC2CC2)[C@@H]1c1ccc(C#N)cc1. The molecule has 1 aromatic carbocycles. The van der Waals surface area contributed by atoms with Gasteiger partial charge in [-0.25, -0.2) is 13.1 Å². The summed E-state index contributed by atoms with van der Waals surface area (Å²) >= 11 is 0. The van der Waals surface area contributed by atoms with Crippen LogP contribution in [0.25, 0.3) is 0 Å². The van der Waals surface area contributed by atoms with E-state index in [4.69, 9.17) is 10.1 Å². The molecule has 7 heteroatoms. The Morgan fingerprint density at radius 2 is 2.00 bits per heavy atom. The second-order valence-corrected chi connectivity index (χ2v) is 7.43. The summed E-state index contributed by atoms with van der Waals surface area (Å²) in [6.07, 6.45) is 1.81. The van der Waals surface area contributed by atoms with E-state index in [1.54, 1.807) is 36.4 Å². The van der Waals surface area contributed by atoms with Gasteiger partial charge in [0.15, 0.2) is 0 Å². The van der Waals surface area contributed by atoms with Gasteiger partial charge < -0.3 is 0 Å². The lowest BCUT2D eigenvalue weighted by molar-refractivity contribution is -0.110. The maximum Gasteiger partial charge on any atom is 0.219 e. The van der Waals surface area contributed by atoms with Gasteiger partial charge in [0.2, 0.25) is 10.0 Å². The molecule has 0 unspecified atom stereocenters. The zero-order chi connectivity index (χ0) is 15.0. The zero-order valence-corrected chi connectivity index (χ0v) is 12.5. The highest BCUT2D eigenvalue weighted by Crippen LogP contribution is 2.34. The Balaban J connectivity index is 1.88. The number of benzene rings is 1. The average Bonchev–Trinajstić information content (AvgIpc) is 3.17. The first-order valence-corrected chi connectivity index (χ1v) is 8.43. The monoisotopic (exact) mass is 307 g/mol. The number of hydrogen-bond acceptors (Lipinski definition) is 5. The molecule has 0 aromatic heterocycles. The van der Waals surface area contributed by atoms with Crippen molar-refractivity contribution in [3.8, 4) is 6.07 Å². The largest absolute Gasteiger partial charge is 0.297 e. The van der Waals surface area contributed by atoms with Crippen LogP contribution >= 0.6 is 0 Å². The number of nitrogens with one attached hydrogen (secondary N) is 1. The molecular weight excluding hydrogens is 290 g/mol. The van der Waals surface area contributed by atoms with E-state index in [1.165, 1.54) is 0 Å². The van der Waals surface area contributed by atoms with Crippen LogP contribution in [0.15, 0.2) is 24.3 Å². The molecule has 2 fully saturated rings. The predicted octanol–water partition coefficient (Wildman–Crippen LogP) is 0.927. The molecule has 6 nitrogen and oxygen atoms in total. The summed E-state index contributed by atoms with van der Waals surface area (Å²) < 4.78 is 27.7. The molecule has 1 N–H and O–H groups in total. The van der Waals surface area contributed by atoms with Gasteiger partial charge >= 0.3 is 0 Å². The predicted molar refractivity (Wildman–Crippen MR) is 76.5 cm³/mol. The summed E-state index contributed by atoms with van der Waals surface area (Å²) in [7, 11) is -1.69. The normalized spacial score (nSPS) is 26.7. The van der Waals surface area contributed by atoms with Gasteiger partial charge in [-0.15, -0.1) is 0 Å². The lowest BCUT2D eigenvalue weighted by atomic mass is 10.0. The van der Waals surface area contributed by atoms with Crippen LogP contribution in [0, 0.1) is 11.3 Å². The van der Waals surface area contributed by atoms with Crippen LogP contribution in [0.4, 0.5) is 0 Å². The van der Waals surface area contributed by atoms with Crippen LogP contribution < -0.4 is 4.72 Å². The topological polar surface area (TPSA) is 82.4 Å². The van der Waals surface area contributed by atoms with Gasteiger partial charge in [0.05, 0.1) is 24.3 Å². The average molecular weight is 307 g/mol. The molecule has 2 aliphatic rings. The van der Waals surface area contributed by atoms with Crippen LogP contribution in [-0.4, -0.2) is 38.4 Å². The van der Waals surface area contributed by atoms with E-state index in [9.17, 15) is 8.42 Å². The van der Waals surface area contributed by atoms with E-state index in [-0.39, 0.29) is 18.7 Å². The third-order valence-corrected chi connectivity index (χ3v) is 5.73. The second-order valence-electron chi connectivity index (χ2n) is 5.50. The molecule has 1 aliphatic heterocycles. The van der Waals surface area contributed by atoms with Gasteiger partial charge in [0, 0.05) is 13.1 Å². The third kappa shape index (κ3) is 2.94. The molecule has 112 valence electrons. The van der Waals surface area contributed by atoms with Gasteiger partial charge in [0.25, 0.3) is 0 Å². The molecule has 1 aliphatic carbocycles.